The van der Waals surface area contributed by atoms with Crippen LogP contribution in [0.5, 0.6) is 0 Å². The minimum Gasteiger partial charge on any atom is -0.341 e. The lowest BCUT2D eigenvalue weighted by Crippen LogP contribution is -2.43. The second kappa shape index (κ2) is 5.61. The smallest absolute Gasteiger partial charge is 0.341 e. The van der Waals surface area contributed by atoms with Crippen molar-refractivity contribution in [2.45, 2.75) is 31.1 Å². The molecule has 0 aromatic rings. The van der Waals surface area contributed by atoms with Crippen LogP contribution < -0.4 is 5.32 Å². The molecule has 2 amide bonds. The average molecular weight is 295 g/mol. The normalized spacial score (nSPS) is 27.0. The zero-order valence-corrected chi connectivity index (χ0v) is 11.3. The summed E-state index contributed by atoms with van der Waals surface area (Å²) in [4.78, 5) is 24.4. The second-order valence-electron chi connectivity index (χ2n) is 5.28. The number of nitrogens with zero attached hydrogens (tertiary/aromatic N) is 1. The maximum atomic E-state index is 12.4. The van der Waals surface area contributed by atoms with Gasteiger partial charge in [-0.25, -0.2) is 0 Å². The molecule has 1 saturated heterocycles. The Hall–Kier alpha value is -0.910. The van der Waals surface area contributed by atoms with Crippen molar-refractivity contribution in [3.8, 4) is 0 Å². The fraction of sp³-hybridized carbons (Fsp3) is 0.833. The highest BCUT2D eigenvalue weighted by Crippen LogP contribution is 2.35. The molecule has 2 atom stereocenters. The van der Waals surface area contributed by atoms with Gasteiger partial charge in [-0.1, -0.05) is 12.8 Å². The van der Waals surface area contributed by atoms with Gasteiger partial charge in [-0.2, -0.15) is 8.78 Å². The third-order valence-corrected chi connectivity index (χ3v) is 4.16. The first-order valence-corrected chi connectivity index (χ1v) is 6.88. The van der Waals surface area contributed by atoms with E-state index >= 15 is 0 Å². The van der Waals surface area contributed by atoms with Gasteiger partial charge in [0.1, 0.15) is 0 Å². The largest absolute Gasteiger partial charge is 0.399 e. The van der Waals surface area contributed by atoms with Gasteiger partial charge in [-0.05, 0) is 36.3 Å². The number of amides is 2. The van der Waals surface area contributed by atoms with Crippen LogP contribution in [-0.2, 0) is 9.59 Å². The van der Waals surface area contributed by atoms with Crippen molar-refractivity contribution in [1.82, 2.24) is 10.2 Å². The minimum atomic E-state index is -3.96. The number of hydrogen-bond donors (Lipinski definition) is 1. The average Bonchev–Trinajstić information content (AvgIpc) is 2.78. The monoisotopic (exact) mass is 294 g/mol. The maximum Gasteiger partial charge on any atom is 0.399 e. The van der Waals surface area contributed by atoms with E-state index in [0.717, 1.165) is 12.8 Å². The third-order valence-electron chi connectivity index (χ3n) is 3.99. The number of hydrogen-bond acceptors (Lipinski definition) is 2. The number of carbonyl (C=O) groups excluding carboxylic acids is 2. The van der Waals surface area contributed by atoms with Crippen molar-refractivity contribution in [2.24, 2.45) is 11.8 Å². The Kier molecular flexibility index (Phi) is 4.28. The molecule has 0 radical (unpaired) electrons. The number of likely N-dealkylation sites (tertiary alicyclic amines) is 1. The summed E-state index contributed by atoms with van der Waals surface area (Å²) in [5, 5.41) is -2.09. The summed E-state index contributed by atoms with van der Waals surface area (Å²) in [5.74, 6) is -0.881. The van der Waals surface area contributed by atoms with E-state index in [9.17, 15) is 18.4 Å². The molecule has 0 bridgehead atoms. The van der Waals surface area contributed by atoms with Crippen LogP contribution in [0.4, 0.5) is 8.78 Å². The first-order valence-electron chi connectivity index (χ1n) is 6.50. The lowest BCUT2D eigenvalue weighted by atomic mass is 9.82. The van der Waals surface area contributed by atoms with Gasteiger partial charge in [0.05, 0.1) is 6.54 Å². The Labute approximate surface area is 115 Å². The Morgan fingerprint density at radius 3 is 2.21 bits per heavy atom. The number of nitrogens with one attached hydrogen (secondary N) is 1. The van der Waals surface area contributed by atoms with Crippen molar-refractivity contribution in [2.75, 3.05) is 19.6 Å². The van der Waals surface area contributed by atoms with Gasteiger partial charge in [0.15, 0.2) is 0 Å². The topological polar surface area (TPSA) is 49.4 Å². The molecule has 7 heteroatoms. The Morgan fingerprint density at radius 1 is 1.21 bits per heavy atom. The molecule has 0 aromatic heterocycles. The number of halogens is 3. The van der Waals surface area contributed by atoms with E-state index in [-0.39, 0.29) is 5.91 Å². The van der Waals surface area contributed by atoms with E-state index in [4.69, 9.17) is 0 Å². The van der Waals surface area contributed by atoms with Crippen LogP contribution in [0.1, 0.15) is 25.7 Å². The zero-order valence-electron chi connectivity index (χ0n) is 10.5. The number of rotatable bonds is 3. The second-order valence-corrected chi connectivity index (χ2v) is 5.76. The molecule has 1 heterocycles. The van der Waals surface area contributed by atoms with Crippen molar-refractivity contribution < 1.29 is 18.4 Å². The Morgan fingerprint density at radius 2 is 1.74 bits per heavy atom. The van der Waals surface area contributed by atoms with E-state index in [1.54, 1.807) is 4.90 Å². The fourth-order valence-electron chi connectivity index (χ4n) is 2.98. The number of alkyl halides is 3. The van der Waals surface area contributed by atoms with Gasteiger partial charge in [-0.15, -0.1) is 0 Å². The highest BCUT2D eigenvalue weighted by Gasteiger charge is 2.38. The van der Waals surface area contributed by atoms with E-state index < -0.39 is 17.8 Å². The van der Waals surface area contributed by atoms with Crippen molar-refractivity contribution in [3.63, 3.8) is 0 Å². The SMILES string of the molecule is O=C(CNC(=O)C(F)(F)Cl)N1CC2CCCC[C@@H]2C1. The molecule has 108 valence electrons. The molecule has 2 rings (SSSR count). The standard InChI is InChI=1S/C12H17ClF2N2O2/c13-12(14,15)11(19)16-5-10(18)17-6-8-3-1-2-4-9(8)7-17/h8-9H,1-7H2,(H,16,19)/t8-,9?/m1/s1. The summed E-state index contributed by atoms with van der Waals surface area (Å²) in [6, 6.07) is 0. The Bertz CT molecular complexity index is 359. The van der Waals surface area contributed by atoms with Crippen LogP contribution in [0.25, 0.3) is 0 Å². The highest BCUT2D eigenvalue weighted by atomic mass is 35.5. The predicted molar refractivity (Wildman–Crippen MR) is 65.8 cm³/mol. The van der Waals surface area contributed by atoms with Crippen LogP contribution in [0.2, 0.25) is 0 Å². The molecular weight excluding hydrogens is 278 g/mol. The van der Waals surface area contributed by atoms with Crippen LogP contribution in [0, 0.1) is 11.8 Å². The third kappa shape index (κ3) is 3.55. The maximum absolute atomic E-state index is 12.4. The van der Waals surface area contributed by atoms with Gasteiger partial charge in [0.25, 0.3) is 0 Å². The summed E-state index contributed by atoms with van der Waals surface area (Å²) in [7, 11) is 0. The number of carbonyl (C=O) groups is 2. The molecule has 1 unspecified atom stereocenters. The lowest BCUT2D eigenvalue weighted by Gasteiger charge is -2.22. The van der Waals surface area contributed by atoms with Gasteiger partial charge < -0.3 is 10.2 Å². The molecular formula is C12H17ClF2N2O2. The molecule has 4 nitrogen and oxygen atoms in total. The van der Waals surface area contributed by atoms with Crippen LogP contribution >= 0.6 is 11.6 Å². The molecule has 1 aliphatic carbocycles. The molecule has 0 aromatic carbocycles. The molecule has 2 aliphatic rings. The summed E-state index contributed by atoms with van der Waals surface area (Å²) < 4.78 is 24.8. The van der Waals surface area contributed by atoms with Crippen LogP contribution in [-0.4, -0.2) is 41.7 Å². The first-order chi connectivity index (χ1) is 8.88. The minimum absolute atomic E-state index is 0.316. The summed E-state index contributed by atoms with van der Waals surface area (Å²) in [5.41, 5.74) is 0. The lowest BCUT2D eigenvalue weighted by molar-refractivity contribution is -0.139. The summed E-state index contributed by atoms with van der Waals surface area (Å²) in [6.07, 6.45) is 4.64. The Balaban J connectivity index is 1.80. The zero-order chi connectivity index (χ0) is 14.0. The van der Waals surface area contributed by atoms with Crippen molar-refractivity contribution in [3.05, 3.63) is 0 Å². The fourth-order valence-corrected chi connectivity index (χ4v) is 3.04. The molecule has 19 heavy (non-hydrogen) atoms. The van der Waals surface area contributed by atoms with E-state index in [1.165, 1.54) is 12.8 Å². The van der Waals surface area contributed by atoms with Gasteiger partial charge >= 0.3 is 11.3 Å². The molecule has 1 saturated carbocycles. The predicted octanol–water partition coefficient (Wildman–Crippen LogP) is 1.58. The molecule has 2 fully saturated rings. The summed E-state index contributed by atoms with van der Waals surface area (Å²) >= 11 is 4.56. The van der Waals surface area contributed by atoms with E-state index in [0.29, 0.717) is 24.9 Å². The van der Waals surface area contributed by atoms with Crippen LogP contribution in [0.3, 0.4) is 0 Å². The van der Waals surface area contributed by atoms with Gasteiger partial charge in [0.2, 0.25) is 5.91 Å². The van der Waals surface area contributed by atoms with Crippen molar-refractivity contribution >= 4 is 23.4 Å². The first kappa shape index (κ1) is 14.5. The quantitative estimate of drug-likeness (QED) is 0.804. The van der Waals surface area contributed by atoms with E-state index in [1.807, 2.05) is 5.32 Å². The van der Waals surface area contributed by atoms with Gasteiger partial charge in [-0.3, -0.25) is 9.59 Å². The van der Waals surface area contributed by atoms with Crippen molar-refractivity contribution in [1.29, 1.82) is 0 Å². The van der Waals surface area contributed by atoms with Crippen LogP contribution in [0.15, 0.2) is 0 Å². The summed E-state index contributed by atoms with van der Waals surface area (Å²) in [6.45, 7) is 0.938. The molecule has 0 spiro atoms. The van der Waals surface area contributed by atoms with E-state index in [2.05, 4.69) is 11.6 Å². The van der Waals surface area contributed by atoms with Gasteiger partial charge in [0, 0.05) is 13.1 Å². The number of fused-ring (bicyclic) bond motifs is 1. The highest BCUT2D eigenvalue weighted by molar-refractivity contribution is 6.32. The molecule has 1 N–H and O–H groups in total. The molecule has 1 aliphatic heterocycles.